The van der Waals surface area contributed by atoms with Crippen LogP contribution >= 0.6 is 0 Å². The van der Waals surface area contributed by atoms with Crippen molar-refractivity contribution in [3.05, 3.63) is 94.3 Å². The van der Waals surface area contributed by atoms with Crippen LogP contribution in [0.2, 0.25) is 0 Å². The molecule has 0 aliphatic carbocycles. The highest BCUT2D eigenvalue weighted by Gasteiger charge is 2.19. The number of carbonyl (C=O) groups is 2. The molecule has 0 aliphatic heterocycles. The van der Waals surface area contributed by atoms with Crippen molar-refractivity contribution < 1.29 is 19.1 Å². The van der Waals surface area contributed by atoms with Crippen LogP contribution in [0.3, 0.4) is 0 Å². The molecule has 0 atom stereocenters. The number of hydrogen-bond acceptors (Lipinski definition) is 5. The van der Waals surface area contributed by atoms with Gasteiger partial charge in [0.25, 0.3) is 0 Å². The van der Waals surface area contributed by atoms with Crippen LogP contribution in [0, 0.1) is 25.2 Å². The number of carbonyl (C=O) groups excluding carboxylic acids is 2. The van der Waals surface area contributed by atoms with Crippen molar-refractivity contribution >= 4 is 17.8 Å². The molecule has 2 aromatic carbocycles. The van der Waals surface area contributed by atoms with Crippen LogP contribution in [0.4, 0.5) is 0 Å². The number of ether oxygens (including phenoxy) is 2. The number of benzene rings is 2. The molecular weight excluding hydrogens is 404 g/mol. The molecule has 162 valence electrons. The van der Waals surface area contributed by atoms with E-state index in [2.05, 4.69) is 4.57 Å². The van der Waals surface area contributed by atoms with Crippen molar-refractivity contribution in [2.75, 3.05) is 13.7 Å². The topological polar surface area (TPSA) is 81.3 Å². The molecule has 1 heterocycles. The van der Waals surface area contributed by atoms with E-state index in [9.17, 15) is 14.9 Å². The molecule has 0 aliphatic rings. The van der Waals surface area contributed by atoms with E-state index < -0.39 is 12.6 Å². The molecule has 32 heavy (non-hydrogen) atoms. The lowest BCUT2D eigenvalue weighted by atomic mass is 10.1. The molecule has 3 aromatic rings. The standard InChI is InChI=1S/C26H24N2O4/c1-18-13-24(19(2)28(18)16-21-7-5-4-6-8-21)25(29)17-32-26(30)22(15-27)14-20-9-11-23(31-3)12-10-20/h4-14H,16-17H2,1-3H3/b22-14+. The number of Topliss-reactive ketones (excluding diaryl/α,β-unsaturated/α-hetero) is 1. The van der Waals surface area contributed by atoms with E-state index in [1.807, 2.05) is 50.2 Å². The second kappa shape index (κ2) is 10.3. The lowest BCUT2D eigenvalue weighted by molar-refractivity contribution is -0.137. The number of methoxy groups -OCH3 is 1. The number of aromatic nitrogens is 1. The molecule has 0 bridgehead atoms. The average Bonchev–Trinajstić information content (AvgIpc) is 3.10. The summed E-state index contributed by atoms with van der Waals surface area (Å²) in [5.41, 5.74) is 3.85. The predicted octanol–water partition coefficient (Wildman–Crippen LogP) is 4.49. The maximum absolute atomic E-state index is 12.7. The Morgan fingerprint density at radius 3 is 2.38 bits per heavy atom. The monoisotopic (exact) mass is 428 g/mol. The van der Waals surface area contributed by atoms with E-state index in [1.54, 1.807) is 37.4 Å². The van der Waals surface area contributed by atoms with Gasteiger partial charge in [-0.15, -0.1) is 0 Å². The largest absolute Gasteiger partial charge is 0.497 e. The Hall–Kier alpha value is -4.11. The van der Waals surface area contributed by atoms with Crippen LogP contribution in [0.25, 0.3) is 6.08 Å². The first-order valence-electron chi connectivity index (χ1n) is 10.1. The van der Waals surface area contributed by atoms with Gasteiger partial charge in [-0.3, -0.25) is 4.79 Å². The lowest BCUT2D eigenvalue weighted by Gasteiger charge is -2.10. The van der Waals surface area contributed by atoms with E-state index in [-0.39, 0.29) is 11.4 Å². The molecule has 1 aromatic heterocycles. The number of nitrogens with zero attached hydrogens (tertiary/aromatic N) is 2. The second-order valence-electron chi connectivity index (χ2n) is 7.30. The molecule has 3 rings (SSSR count). The first kappa shape index (κ1) is 22.6. The zero-order valence-corrected chi connectivity index (χ0v) is 18.3. The Morgan fingerprint density at radius 2 is 1.75 bits per heavy atom. The Kier molecular flexibility index (Phi) is 7.25. The minimum Gasteiger partial charge on any atom is -0.497 e. The molecule has 0 unspecified atom stereocenters. The molecule has 0 saturated carbocycles. The van der Waals surface area contributed by atoms with Crippen molar-refractivity contribution in [3.63, 3.8) is 0 Å². The Labute approximate surface area is 187 Å². The number of ketones is 1. The zero-order chi connectivity index (χ0) is 23.1. The molecule has 0 fully saturated rings. The van der Waals surface area contributed by atoms with Gasteiger partial charge in [0, 0.05) is 23.5 Å². The maximum Gasteiger partial charge on any atom is 0.349 e. The molecule has 0 N–H and O–H groups in total. The van der Waals surface area contributed by atoms with E-state index >= 15 is 0 Å². The van der Waals surface area contributed by atoms with Gasteiger partial charge in [-0.25, -0.2) is 4.79 Å². The van der Waals surface area contributed by atoms with Crippen molar-refractivity contribution in [1.29, 1.82) is 5.26 Å². The fourth-order valence-corrected chi connectivity index (χ4v) is 3.38. The number of esters is 1. The quantitative estimate of drug-likeness (QED) is 0.228. The molecule has 0 amide bonds. The predicted molar refractivity (Wildman–Crippen MR) is 121 cm³/mol. The molecule has 0 spiro atoms. The van der Waals surface area contributed by atoms with Gasteiger partial charge in [0.2, 0.25) is 5.78 Å². The fourth-order valence-electron chi connectivity index (χ4n) is 3.38. The third-order valence-electron chi connectivity index (χ3n) is 5.16. The van der Waals surface area contributed by atoms with Gasteiger partial charge in [0.1, 0.15) is 17.4 Å². The first-order valence-corrected chi connectivity index (χ1v) is 10.1. The third-order valence-corrected chi connectivity index (χ3v) is 5.16. The van der Waals surface area contributed by atoms with E-state index in [1.165, 1.54) is 6.08 Å². The van der Waals surface area contributed by atoms with Crippen LogP contribution in [-0.2, 0) is 16.1 Å². The highest BCUT2D eigenvalue weighted by molar-refractivity contribution is 6.02. The summed E-state index contributed by atoms with van der Waals surface area (Å²) in [5, 5.41) is 9.33. The Balaban J connectivity index is 1.68. The van der Waals surface area contributed by atoms with Gasteiger partial charge in [-0.05, 0) is 49.2 Å². The smallest absolute Gasteiger partial charge is 0.349 e. The second-order valence-corrected chi connectivity index (χ2v) is 7.30. The van der Waals surface area contributed by atoms with E-state index in [4.69, 9.17) is 9.47 Å². The van der Waals surface area contributed by atoms with Gasteiger partial charge < -0.3 is 14.0 Å². The molecule has 0 saturated heterocycles. The molecule has 6 heteroatoms. The summed E-state index contributed by atoms with van der Waals surface area (Å²) in [6.45, 7) is 4.02. The van der Waals surface area contributed by atoms with Gasteiger partial charge in [-0.1, -0.05) is 42.5 Å². The van der Waals surface area contributed by atoms with Crippen LogP contribution in [-0.4, -0.2) is 30.0 Å². The maximum atomic E-state index is 12.7. The van der Waals surface area contributed by atoms with Crippen molar-refractivity contribution in [2.24, 2.45) is 0 Å². The summed E-state index contributed by atoms with van der Waals surface area (Å²) in [6.07, 6.45) is 1.41. The number of nitriles is 1. The first-order chi connectivity index (χ1) is 15.4. The van der Waals surface area contributed by atoms with Crippen LogP contribution in [0.1, 0.15) is 32.9 Å². The Morgan fingerprint density at radius 1 is 1.06 bits per heavy atom. The summed E-state index contributed by atoms with van der Waals surface area (Å²) in [5.74, 6) is -0.485. The van der Waals surface area contributed by atoms with Crippen molar-refractivity contribution in [1.82, 2.24) is 4.57 Å². The summed E-state index contributed by atoms with van der Waals surface area (Å²) >= 11 is 0. The fraction of sp³-hybridized carbons (Fsp3) is 0.192. The summed E-state index contributed by atoms with van der Waals surface area (Å²) in [7, 11) is 1.55. The minimum absolute atomic E-state index is 0.183. The summed E-state index contributed by atoms with van der Waals surface area (Å²) < 4.78 is 12.3. The van der Waals surface area contributed by atoms with Gasteiger partial charge >= 0.3 is 5.97 Å². The van der Waals surface area contributed by atoms with E-state index in [0.717, 1.165) is 17.0 Å². The van der Waals surface area contributed by atoms with Crippen LogP contribution in [0.5, 0.6) is 5.75 Å². The highest BCUT2D eigenvalue weighted by atomic mass is 16.5. The van der Waals surface area contributed by atoms with Gasteiger partial charge in [-0.2, -0.15) is 5.26 Å². The number of hydrogen-bond donors (Lipinski definition) is 0. The van der Waals surface area contributed by atoms with Gasteiger partial charge in [0.15, 0.2) is 6.61 Å². The SMILES string of the molecule is COc1ccc(/C=C(\C#N)C(=O)OCC(=O)c2cc(C)n(Cc3ccccc3)c2C)cc1. The number of rotatable bonds is 8. The molecule has 0 radical (unpaired) electrons. The number of aryl methyl sites for hydroxylation is 1. The van der Waals surface area contributed by atoms with Crippen LogP contribution in [0.15, 0.2) is 66.2 Å². The third kappa shape index (κ3) is 5.32. The normalized spacial score (nSPS) is 11.0. The highest BCUT2D eigenvalue weighted by Crippen LogP contribution is 2.19. The Bertz CT molecular complexity index is 1180. The average molecular weight is 428 g/mol. The summed E-state index contributed by atoms with van der Waals surface area (Å²) in [4.78, 5) is 25.1. The molecule has 6 nitrogen and oxygen atoms in total. The summed E-state index contributed by atoms with van der Waals surface area (Å²) in [6, 6.07) is 20.5. The lowest BCUT2D eigenvalue weighted by Crippen LogP contribution is -2.16. The van der Waals surface area contributed by atoms with Gasteiger partial charge in [0.05, 0.1) is 7.11 Å². The van der Waals surface area contributed by atoms with Crippen molar-refractivity contribution in [2.45, 2.75) is 20.4 Å². The van der Waals surface area contributed by atoms with Crippen molar-refractivity contribution in [3.8, 4) is 11.8 Å². The zero-order valence-electron chi connectivity index (χ0n) is 18.3. The molecular formula is C26H24N2O4. The van der Waals surface area contributed by atoms with E-state index in [0.29, 0.717) is 23.4 Å². The minimum atomic E-state index is -0.838. The van der Waals surface area contributed by atoms with Crippen LogP contribution < -0.4 is 4.74 Å².